The number of aromatic nitrogens is 1. The lowest BCUT2D eigenvalue weighted by Crippen LogP contribution is -2.23. The third kappa shape index (κ3) is 4.44. The lowest BCUT2D eigenvalue weighted by molar-refractivity contribution is 0.0950. The van der Waals surface area contributed by atoms with Gasteiger partial charge in [-0.25, -0.2) is 0 Å². The Labute approximate surface area is 123 Å². The molecule has 0 saturated carbocycles. The first-order chi connectivity index (χ1) is 10.2. The van der Waals surface area contributed by atoms with Crippen LogP contribution in [0.1, 0.15) is 27.0 Å². The van der Waals surface area contributed by atoms with E-state index >= 15 is 0 Å². The summed E-state index contributed by atoms with van der Waals surface area (Å²) in [4.78, 5) is 16.0. The van der Waals surface area contributed by atoms with Gasteiger partial charge in [0.25, 0.3) is 5.91 Å². The maximum atomic E-state index is 12.0. The molecule has 0 saturated heterocycles. The van der Waals surface area contributed by atoms with Gasteiger partial charge in [-0.15, -0.1) is 0 Å². The van der Waals surface area contributed by atoms with Crippen LogP contribution in [0.15, 0.2) is 42.7 Å². The highest BCUT2D eigenvalue weighted by atomic mass is 16.2. The molecule has 4 heteroatoms. The normalized spacial score (nSPS) is 9.62. The van der Waals surface area contributed by atoms with Crippen LogP contribution in [0.4, 0.5) is 0 Å². The molecule has 0 aliphatic rings. The summed E-state index contributed by atoms with van der Waals surface area (Å²) in [6.45, 7) is 2.15. The molecule has 1 heterocycles. The molecule has 2 aromatic rings. The SMILES string of the molecule is Cc1cncc(C(=O)NCc2cccc(C#CCO)c2)c1. The summed E-state index contributed by atoms with van der Waals surface area (Å²) in [6.07, 6.45) is 3.26. The number of hydrogen-bond acceptors (Lipinski definition) is 3. The number of aliphatic hydroxyl groups is 1. The fraction of sp³-hybridized carbons (Fsp3) is 0.176. The van der Waals surface area contributed by atoms with Gasteiger partial charge in [0.1, 0.15) is 6.61 Å². The number of nitrogens with one attached hydrogen (secondary N) is 1. The molecular weight excluding hydrogens is 264 g/mol. The van der Waals surface area contributed by atoms with E-state index in [2.05, 4.69) is 22.1 Å². The monoisotopic (exact) mass is 280 g/mol. The van der Waals surface area contributed by atoms with Crippen molar-refractivity contribution < 1.29 is 9.90 Å². The zero-order valence-corrected chi connectivity index (χ0v) is 11.8. The predicted molar refractivity (Wildman–Crippen MR) is 80.6 cm³/mol. The average Bonchev–Trinajstić information content (AvgIpc) is 2.51. The number of benzene rings is 1. The molecule has 1 amide bonds. The number of pyridine rings is 1. The lowest BCUT2D eigenvalue weighted by atomic mass is 10.1. The fourth-order valence-electron chi connectivity index (χ4n) is 1.86. The molecule has 0 fully saturated rings. The van der Waals surface area contributed by atoms with Crippen molar-refractivity contribution in [3.8, 4) is 11.8 Å². The van der Waals surface area contributed by atoms with Crippen molar-refractivity contribution in [2.45, 2.75) is 13.5 Å². The van der Waals surface area contributed by atoms with Gasteiger partial charge in [-0.05, 0) is 36.2 Å². The van der Waals surface area contributed by atoms with E-state index < -0.39 is 0 Å². The summed E-state index contributed by atoms with van der Waals surface area (Å²) in [5.74, 6) is 5.28. The number of aliphatic hydroxyl groups excluding tert-OH is 1. The Morgan fingerprint density at radius 3 is 2.95 bits per heavy atom. The summed E-state index contributed by atoms with van der Waals surface area (Å²) in [6, 6.07) is 9.33. The van der Waals surface area contributed by atoms with Crippen LogP contribution >= 0.6 is 0 Å². The maximum Gasteiger partial charge on any atom is 0.253 e. The van der Waals surface area contributed by atoms with Gasteiger partial charge >= 0.3 is 0 Å². The number of hydrogen-bond donors (Lipinski definition) is 2. The van der Waals surface area contributed by atoms with Crippen molar-refractivity contribution in [3.63, 3.8) is 0 Å². The summed E-state index contributed by atoms with van der Waals surface area (Å²) in [7, 11) is 0. The number of amides is 1. The van der Waals surface area contributed by atoms with Gasteiger partial charge in [0, 0.05) is 24.5 Å². The first-order valence-corrected chi connectivity index (χ1v) is 6.57. The van der Waals surface area contributed by atoms with Crippen LogP contribution in [0.3, 0.4) is 0 Å². The Kier molecular flexibility index (Phi) is 5.08. The number of carbonyl (C=O) groups excluding carboxylic acids is 1. The third-order valence-corrected chi connectivity index (χ3v) is 2.83. The summed E-state index contributed by atoms with van der Waals surface area (Å²) >= 11 is 0. The van der Waals surface area contributed by atoms with E-state index in [4.69, 9.17) is 5.11 Å². The molecule has 1 aromatic heterocycles. The van der Waals surface area contributed by atoms with Crippen LogP contribution in [0.25, 0.3) is 0 Å². The molecule has 0 aliphatic heterocycles. The van der Waals surface area contributed by atoms with Crippen LogP contribution < -0.4 is 5.32 Å². The molecule has 106 valence electrons. The minimum atomic E-state index is -0.165. The molecule has 0 spiro atoms. The topological polar surface area (TPSA) is 62.2 Å². The Hall–Kier alpha value is -2.64. The highest BCUT2D eigenvalue weighted by molar-refractivity contribution is 5.93. The van der Waals surface area contributed by atoms with Gasteiger partial charge in [0.2, 0.25) is 0 Å². The van der Waals surface area contributed by atoms with Crippen LogP contribution in [-0.2, 0) is 6.54 Å². The first kappa shape index (κ1) is 14.8. The standard InChI is InChI=1S/C17H16N2O2/c1-13-8-16(12-18-10-13)17(21)19-11-15-5-2-4-14(9-15)6-3-7-20/h2,4-5,8-10,12,20H,7,11H2,1H3,(H,19,21). The molecule has 2 rings (SSSR count). The molecule has 0 atom stereocenters. The second-order valence-corrected chi connectivity index (χ2v) is 4.59. The van der Waals surface area contributed by atoms with Crippen LogP contribution in [0.2, 0.25) is 0 Å². The van der Waals surface area contributed by atoms with Gasteiger partial charge in [-0.2, -0.15) is 0 Å². The molecule has 0 unspecified atom stereocenters. The van der Waals surface area contributed by atoms with Gasteiger partial charge in [-0.1, -0.05) is 24.0 Å². The van der Waals surface area contributed by atoms with Crippen molar-refractivity contribution in [1.29, 1.82) is 0 Å². The molecule has 0 radical (unpaired) electrons. The van der Waals surface area contributed by atoms with Gasteiger partial charge in [0.05, 0.1) is 5.56 Å². The minimum Gasteiger partial charge on any atom is -0.384 e. The Bertz CT molecular complexity index is 699. The summed E-state index contributed by atoms with van der Waals surface area (Å²) < 4.78 is 0. The summed E-state index contributed by atoms with van der Waals surface area (Å²) in [5, 5.41) is 11.5. The number of rotatable bonds is 3. The molecule has 0 bridgehead atoms. The largest absolute Gasteiger partial charge is 0.384 e. The Morgan fingerprint density at radius 2 is 2.19 bits per heavy atom. The Morgan fingerprint density at radius 1 is 1.33 bits per heavy atom. The second-order valence-electron chi connectivity index (χ2n) is 4.59. The molecule has 1 aromatic carbocycles. The molecule has 21 heavy (non-hydrogen) atoms. The fourth-order valence-corrected chi connectivity index (χ4v) is 1.86. The maximum absolute atomic E-state index is 12.0. The van der Waals surface area contributed by atoms with Crippen molar-refractivity contribution in [2.24, 2.45) is 0 Å². The average molecular weight is 280 g/mol. The predicted octanol–water partition coefficient (Wildman–Crippen LogP) is 1.66. The molecule has 4 nitrogen and oxygen atoms in total. The molecule has 2 N–H and O–H groups in total. The van der Waals surface area contributed by atoms with Crippen molar-refractivity contribution in [3.05, 3.63) is 65.0 Å². The van der Waals surface area contributed by atoms with E-state index in [-0.39, 0.29) is 12.5 Å². The van der Waals surface area contributed by atoms with E-state index in [1.165, 1.54) is 0 Å². The number of carbonyl (C=O) groups is 1. The third-order valence-electron chi connectivity index (χ3n) is 2.83. The van der Waals surface area contributed by atoms with E-state index in [9.17, 15) is 4.79 Å². The lowest BCUT2D eigenvalue weighted by Gasteiger charge is -2.06. The minimum absolute atomic E-state index is 0.155. The highest BCUT2D eigenvalue weighted by Gasteiger charge is 2.05. The van der Waals surface area contributed by atoms with Crippen molar-refractivity contribution in [1.82, 2.24) is 10.3 Å². The second kappa shape index (κ2) is 7.22. The van der Waals surface area contributed by atoms with E-state index in [0.717, 1.165) is 16.7 Å². The van der Waals surface area contributed by atoms with Gasteiger partial charge in [-0.3, -0.25) is 9.78 Å². The van der Waals surface area contributed by atoms with E-state index in [1.54, 1.807) is 18.5 Å². The zero-order chi connectivity index (χ0) is 15.1. The first-order valence-electron chi connectivity index (χ1n) is 6.57. The van der Waals surface area contributed by atoms with Crippen LogP contribution in [0, 0.1) is 18.8 Å². The number of aryl methyl sites for hydroxylation is 1. The highest BCUT2D eigenvalue weighted by Crippen LogP contribution is 2.05. The van der Waals surface area contributed by atoms with E-state index in [1.807, 2.05) is 31.2 Å². The van der Waals surface area contributed by atoms with Crippen LogP contribution in [0.5, 0.6) is 0 Å². The number of nitrogens with zero attached hydrogens (tertiary/aromatic N) is 1. The van der Waals surface area contributed by atoms with Crippen molar-refractivity contribution >= 4 is 5.91 Å². The van der Waals surface area contributed by atoms with Crippen LogP contribution in [-0.4, -0.2) is 22.6 Å². The van der Waals surface area contributed by atoms with Crippen molar-refractivity contribution in [2.75, 3.05) is 6.61 Å². The van der Waals surface area contributed by atoms with E-state index in [0.29, 0.717) is 12.1 Å². The van der Waals surface area contributed by atoms with Gasteiger partial charge < -0.3 is 10.4 Å². The Balaban J connectivity index is 2.01. The zero-order valence-electron chi connectivity index (χ0n) is 11.8. The smallest absolute Gasteiger partial charge is 0.253 e. The quantitative estimate of drug-likeness (QED) is 0.841. The summed E-state index contributed by atoms with van der Waals surface area (Å²) in [5.41, 5.74) is 3.26. The molecule has 0 aliphatic carbocycles. The molecular formula is C17H16N2O2. The van der Waals surface area contributed by atoms with Gasteiger partial charge in [0.15, 0.2) is 0 Å².